The van der Waals surface area contributed by atoms with Gasteiger partial charge in [-0.25, -0.2) is 0 Å². The van der Waals surface area contributed by atoms with Gasteiger partial charge in [0.15, 0.2) is 5.96 Å². The number of guanidine groups is 1. The molecule has 0 aliphatic heterocycles. The third kappa shape index (κ3) is 6.90. The number of rotatable bonds is 7. The Bertz CT molecular complexity index is 530. The molecule has 7 nitrogen and oxygen atoms in total. The second kappa shape index (κ2) is 11.1. The van der Waals surface area contributed by atoms with E-state index in [0.29, 0.717) is 19.1 Å². The van der Waals surface area contributed by atoms with E-state index in [1.54, 1.807) is 12.1 Å². The van der Waals surface area contributed by atoms with Gasteiger partial charge in [0.25, 0.3) is 5.69 Å². The first-order valence-electron chi connectivity index (χ1n) is 8.22. The third-order valence-corrected chi connectivity index (χ3v) is 3.83. The number of hydrogen-bond donors (Lipinski definition) is 3. The molecule has 1 aliphatic carbocycles. The van der Waals surface area contributed by atoms with Gasteiger partial charge < -0.3 is 16.0 Å². The highest BCUT2D eigenvalue weighted by molar-refractivity contribution is 14.0. The van der Waals surface area contributed by atoms with Gasteiger partial charge in [-0.1, -0.05) is 12.8 Å². The normalized spacial score (nSPS) is 14.8. The van der Waals surface area contributed by atoms with Crippen molar-refractivity contribution in [2.45, 2.75) is 38.6 Å². The quantitative estimate of drug-likeness (QED) is 0.149. The zero-order valence-electron chi connectivity index (χ0n) is 14.0. The number of benzene rings is 1. The Morgan fingerprint density at radius 3 is 2.54 bits per heavy atom. The Balaban J connectivity index is 0.00000288. The predicted molar refractivity (Wildman–Crippen MR) is 108 cm³/mol. The summed E-state index contributed by atoms with van der Waals surface area (Å²) in [6.07, 6.45) is 5.01. The van der Waals surface area contributed by atoms with Crippen LogP contribution in [0.1, 0.15) is 32.6 Å². The highest BCUT2D eigenvalue weighted by Gasteiger charge is 2.15. The highest BCUT2D eigenvalue weighted by atomic mass is 127. The maximum Gasteiger partial charge on any atom is 0.269 e. The summed E-state index contributed by atoms with van der Waals surface area (Å²) >= 11 is 0. The summed E-state index contributed by atoms with van der Waals surface area (Å²) in [5, 5.41) is 20.6. The number of non-ortho nitro benzene ring substituents is 1. The third-order valence-electron chi connectivity index (χ3n) is 3.83. The molecule has 0 amide bonds. The van der Waals surface area contributed by atoms with Gasteiger partial charge in [0, 0.05) is 37.0 Å². The number of hydrogen-bond acceptors (Lipinski definition) is 4. The van der Waals surface area contributed by atoms with Gasteiger partial charge in [-0.3, -0.25) is 15.1 Å². The van der Waals surface area contributed by atoms with Crippen LogP contribution in [0, 0.1) is 10.1 Å². The number of nitrogens with zero attached hydrogens (tertiary/aromatic N) is 2. The van der Waals surface area contributed by atoms with Crippen LogP contribution in [0.25, 0.3) is 0 Å². The fourth-order valence-electron chi connectivity index (χ4n) is 2.65. The van der Waals surface area contributed by atoms with Gasteiger partial charge in [-0.15, -0.1) is 24.0 Å². The number of nitro groups is 1. The molecule has 134 valence electrons. The molecule has 3 N–H and O–H groups in total. The summed E-state index contributed by atoms with van der Waals surface area (Å²) in [5.74, 6) is 0.866. The van der Waals surface area contributed by atoms with E-state index < -0.39 is 4.92 Å². The molecule has 0 heterocycles. The maximum absolute atomic E-state index is 10.6. The standard InChI is InChI=1S/C16H25N5O2.HI/c1-2-17-16(20-14-5-3-4-6-14)19-12-11-18-13-7-9-15(10-8-13)21(22)23;/h7-10,14,18H,2-6,11-12H2,1H3,(H2,17,19,20);1H. The van der Waals surface area contributed by atoms with Gasteiger partial charge in [0.05, 0.1) is 11.5 Å². The first-order chi connectivity index (χ1) is 11.2. The number of aliphatic imine (C=N–C) groups is 1. The van der Waals surface area contributed by atoms with Gasteiger partial charge in [0.1, 0.15) is 0 Å². The van der Waals surface area contributed by atoms with E-state index in [4.69, 9.17) is 0 Å². The lowest BCUT2D eigenvalue weighted by Gasteiger charge is -2.16. The number of nitro benzene ring substituents is 1. The Kier molecular flexibility index (Phi) is 9.43. The molecule has 1 fully saturated rings. The van der Waals surface area contributed by atoms with Gasteiger partial charge in [-0.2, -0.15) is 0 Å². The van der Waals surface area contributed by atoms with Crippen molar-refractivity contribution in [1.29, 1.82) is 0 Å². The molecule has 0 aromatic heterocycles. The summed E-state index contributed by atoms with van der Waals surface area (Å²) in [5.41, 5.74) is 0.961. The Morgan fingerprint density at radius 2 is 1.96 bits per heavy atom. The van der Waals surface area contributed by atoms with Crippen LogP contribution in [0.3, 0.4) is 0 Å². The van der Waals surface area contributed by atoms with Crippen LogP contribution in [0.15, 0.2) is 29.3 Å². The van der Waals surface area contributed by atoms with Gasteiger partial charge >= 0.3 is 0 Å². The average molecular weight is 447 g/mol. The second-order valence-corrected chi connectivity index (χ2v) is 5.62. The van der Waals surface area contributed by atoms with E-state index in [1.165, 1.54) is 37.8 Å². The van der Waals surface area contributed by atoms with E-state index in [2.05, 4.69) is 27.9 Å². The van der Waals surface area contributed by atoms with E-state index in [1.807, 2.05) is 0 Å². The van der Waals surface area contributed by atoms with E-state index >= 15 is 0 Å². The van der Waals surface area contributed by atoms with Crippen molar-refractivity contribution in [3.63, 3.8) is 0 Å². The molecule has 8 heteroatoms. The largest absolute Gasteiger partial charge is 0.383 e. The molecule has 0 bridgehead atoms. The molecule has 0 atom stereocenters. The van der Waals surface area contributed by atoms with E-state index in [0.717, 1.165) is 18.2 Å². The first kappa shape index (κ1) is 20.5. The SMILES string of the molecule is CCNC(=NCCNc1ccc([N+](=O)[O-])cc1)NC1CCCC1.I. The molecular weight excluding hydrogens is 421 g/mol. The zero-order valence-corrected chi connectivity index (χ0v) is 16.3. The highest BCUT2D eigenvalue weighted by Crippen LogP contribution is 2.17. The summed E-state index contributed by atoms with van der Waals surface area (Å²) in [7, 11) is 0. The summed E-state index contributed by atoms with van der Waals surface area (Å²) in [6, 6.07) is 6.96. The van der Waals surface area contributed by atoms with Crippen LogP contribution in [0.2, 0.25) is 0 Å². The van der Waals surface area contributed by atoms with E-state index in [-0.39, 0.29) is 29.7 Å². The fourth-order valence-corrected chi connectivity index (χ4v) is 2.65. The topological polar surface area (TPSA) is 91.6 Å². The lowest BCUT2D eigenvalue weighted by molar-refractivity contribution is -0.384. The van der Waals surface area contributed by atoms with Crippen molar-refractivity contribution in [3.05, 3.63) is 34.4 Å². The fraction of sp³-hybridized carbons (Fsp3) is 0.562. The van der Waals surface area contributed by atoms with E-state index in [9.17, 15) is 10.1 Å². The van der Waals surface area contributed by atoms with Gasteiger partial charge in [-0.05, 0) is 31.9 Å². The molecular formula is C16H26IN5O2. The summed E-state index contributed by atoms with van der Waals surface area (Å²) in [4.78, 5) is 14.8. The van der Waals surface area contributed by atoms with Crippen LogP contribution in [-0.2, 0) is 0 Å². The molecule has 1 aromatic carbocycles. The Morgan fingerprint density at radius 1 is 1.29 bits per heavy atom. The van der Waals surface area contributed by atoms with Crippen molar-refractivity contribution in [2.75, 3.05) is 25.0 Å². The lowest BCUT2D eigenvalue weighted by Crippen LogP contribution is -2.42. The van der Waals surface area contributed by atoms with Gasteiger partial charge in [0.2, 0.25) is 0 Å². The number of halogens is 1. The first-order valence-corrected chi connectivity index (χ1v) is 8.22. The predicted octanol–water partition coefficient (Wildman–Crippen LogP) is 3.12. The lowest BCUT2D eigenvalue weighted by atomic mass is 10.2. The molecule has 0 saturated heterocycles. The Labute approximate surface area is 159 Å². The summed E-state index contributed by atoms with van der Waals surface area (Å²) in [6.45, 7) is 4.22. The average Bonchev–Trinajstić information content (AvgIpc) is 3.05. The Hall–Kier alpha value is -1.58. The summed E-state index contributed by atoms with van der Waals surface area (Å²) < 4.78 is 0. The molecule has 2 rings (SSSR count). The molecule has 24 heavy (non-hydrogen) atoms. The van der Waals surface area contributed by atoms with Crippen molar-refractivity contribution >= 4 is 41.3 Å². The van der Waals surface area contributed by atoms with Crippen molar-refractivity contribution in [1.82, 2.24) is 10.6 Å². The van der Waals surface area contributed by atoms with Crippen LogP contribution in [0.4, 0.5) is 11.4 Å². The van der Waals surface area contributed by atoms with Crippen LogP contribution in [-0.4, -0.2) is 36.6 Å². The minimum absolute atomic E-state index is 0. The van der Waals surface area contributed by atoms with Crippen LogP contribution < -0.4 is 16.0 Å². The number of anilines is 1. The number of nitrogens with one attached hydrogen (secondary N) is 3. The maximum atomic E-state index is 10.6. The molecule has 1 aliphatic rings. The zero-order chi connectivity index (χ0) is 16.5. The molecule has 0 radical (unpaired) electrons. The molecule has 0 unspecified atom stereocenters. The second-order valence-electron chi connectivity index (χ2n) is 5.62. The molecule has 0 spiro atoms. The van der Waals surface area contributed by atoms with Crippen molar-refractivity contribution < 1.29 is 4.92 Å². The smallest absolute Gasteiger partial charge is 0.269 e. The van der Waals surface area contributed by atoms with Crippen molar-refractivity contribution in [3.8, 4) is 0 Å². The molecule has 1 saturated carbocycles. The molecule has 1 aromatic rings. The van der Waals surface area contributed by atoms with Crippen LogP contribution >= 0.6 is 24.0 Å². The van der Waals surface area contributed by atoms with Crippen LogP contribution in [0.5, 0.6) is 0 Å². The minimum Gasteiger partial charge on any atom is -0.383 e. The monoisotopic (exact) mass is 447 g/mol. The van der Waals surface area contributed by atoms with Crippen molar-refractivity contribution in [2.24, 2.45) is 4.99 Å². The minimum atomic E-state index is -0.397.